The van der Waals surface area contributed by atoms with E-state index in [1.165, 1.54) is 34.4 Å². The number of carbonyl (C=O) groups is 1. The second kappa shape index (κ2) is 8.90. The summed E-state index contributed by atoms with van der Waals surface area (Å²) < 4.78 is 41.3. The summed E-state index contributed by atoms with van der Waals surface area (Å²) in [6.45, 7) is 4.00. The van der Waals surface area contributed by atoms with Crippen LogP contribution in [0.4, 0.5) is 18.9 Å². The second-order valence-corrected chi connectivity index (χ2v) is 10.1. The third-order valence-electron chi connectivity index (χ3n) is 5.38. The molecule has 170 valence electrons. The first-order valence-corrected chi connectivity index (χ1v) is 12.1. The highest BCUT2D eigenvalue weighted by Crippen LogP contribution is 2.37. The average molecular weight is 482 g/mol. The molecule has 2 aromatic heterocycles. The lowest BCUT2D eigenvalue weighted by Gasteiger charge is -2.17. The maximum atomic E-state index is 13.2. The highest BCUT2D eigenvalue weighted by molar-refractivity contribution is 8.00. The Morgan fingerprint density at radius 3 is 2.78 bits per heavy atom. The second-order valence-electron chi connectivity index (χ2n) is 7.68. The van der Waals surface area contributed by atoms with Gasteiger partial charge in [0, 0.05) is 11.4 Å². The van der Waals surface area contributed by atoms with Crippen LogP contribution in [0.5, 0.6) is 0 Å². The first-order chi connectivity index (χ1) is 15.2. The van der Waals surface area contributed by atoms with Crippen LogP contribution in [0, 0.1) is 0 Å². The molecule has 1 amide bonds. The third kappa shape index (κ3) is 4.30. The van der Waals surface area contributed by atoms with E-state index in [1.54, 1.807) is 11.5 Å². The van der Waals surface area contributed by atoms with Gasteiger partial charge in [-0.1, -0.05) is 30.8 Å². The number of para-hydroxylation sites is 1. The van der Waals surface area contributed by atoms with Crippen molar-refractivity contribution in [2.45, 2.75) is 62.7 Å². The number of thioether (sulfide) groups is 1. The number of hydrogen-bond donors (Lipinski definition) is 1. The van der Waals surface area contributed by atoms with E-state index in [1.807, 2.05) is 6.92 Å². The molecule has 0 saturated carbocycles. The van der Waals surface area contributed by atoms with Crippen molar-refractivity contribution in [1.29, 1.82) is 0 Å². The van der Waals surface area contributed by atoms with E-state index >= 15 is 0 Å². The number of fused-ring (bicyclic) bond motifs is 3. The number of aryl methyl sites for hydroxylation is 2. The Balaban J connectivity index is 1.63. The number of nitrogens with one attached hydrogen (secondary N) is 1. The molecule has 0 bridgehead atoms. The van der Waals surface area contributed by atoms with Crippen LogP contribution in [0.15, 0.2) is 34.2 Å². The summed E-state index contributed by atoms with van der Waals surface area (Å²) in [5.41, 5.74) is -0.199. The first kappa shape index (κ1) is 22.8. The van der Waals surface area contributed by atoms with Gasteiger partial charge < -0.3 is 5.32 Å². The van der Waals surface area contributed by atoms with Gasteiger partial charge in [0.15, 0.2) is 5.16 Å². The molecule has 1 aromatic carbocycles. The van der Waals surface area contributed by atoms with Crippen LogP contribution < -0.4 is 10.9 Å². The molecule has 0 aliphatic heterocycles. The molecule has 1 aliphatic rings. The van der Waals surface area contributed by atoms with Gasteiger partial charge in [-0.25, -0.2) is 4.98 Å². The van der Waals surface area contributed by atoms with E-state index < -0.39 is 22.9 Å². The number of rotatable bonds is 6. The van der Waals surface area contributed by atoms with Gasteiger partial charge >= 0.3 is 6.18 Å². The van der Waals surface area contributed by atoms with E-state index in [9.17, 15) is 22.8 Å². The maximum absolute atomic E-state index is 13.2. The van der Waals surface area contributed by atoms with Gasteiger partial charge in [0.25, 0.3) is 5.56 Å². The lowest BCUT2D eigenvalue weighted by Crippen LogP contribution is -2.27. The molecule has 1 atom stereocenters. The van der Waals surface area contributed by atoms with Crippen molar-refractivity contribution >= 4 is 44.9 Å². The van der Waals surface area contributed by atoms with Crippen LogP contribution in [0.1, 0.15) is 42.7 Å². The van der Waals surface area contributed by atoms with Crippen molar-refractivity contribution in [3.63, 3.8) is 0 Å². The molecule has 1 unspecified atom stereocenters. The van der Waals surface area contributed by atoms with Crippen LogP contribution >= 0.6 is 23.1 Å². The molecule has 1 aliphatic carbocycles. The van der Waals surface area contributed by atoms with Gasteiger partial charge in [-0.15, -0.1) is 11.3 Å². The number of aromatic nitrogens is 2. The highest BCUT2D eigenvalue weighted by atomic mass is 32.2. The molecule has 32 heavy (non-hydrogen) atoms. The molecular formula is C22H22F3N3O2S2. The summed E-state index contributed by atoms with van der Waals surface area (Å²) in [7, 11) is 0. The van der Waals surface area contributed by atoms with Crippen molar-refractivity contribution in [3.05, 3.63) is 50.6 Å². The number of anilines is 1. The molecule has 0 fully saturated rings. The first-order valence-electron chi connectivity index (χ1n) is 10.4. The zero-order valence-electron chi connectivity index (χ0n) is 17.6. The summed E-state index contributed by atoms with van der Waals surface area (Å²) in [4.78, 5) is 32.5. The van der Waals surface area contributed by atoms with Crippen LogP contribution in [-0.2, 0) is 30.4 Å². The van der Waals surface area contributed by atoms with Crippen molar-refractivity contribution in [3.8, 4) is 0 Å². The summed E-state index contributed by atoms with van der Waals surface area (Å²) in [6.07, 6.45) is -0.996. The van der Waals surface area contributed by atoms with Crippen molar-refractivity contribution in [1.82, 2.24) is 9.55 Å². The average Bonchev–Trinajstić information content (AvgIpc) is 3.31. The Hall–Kier alpha value is -2.33. The quantitative estimate of drug-likeness (QED) is 0.373. The molecule has 4 rings (SSSR count). The van der Waals surface area contributed by atoms with Crippen molar-refractivity contribution in [2.75, 3.05) is 5.32 Å². The van der Waals surface area contributed by atoms with E-state index in [0.29, 0.717) is 28.3 Å². The van der Waals surface area contributed by atoms with E-state index in [4.69, 9.17) is 0 Å². The lowest BCUT2D eigenvalue weighted by atomic mass is 10.1. The van der Waals surface area contributed by atoms with Gasteiger partial charge in [-0.3, -0.25) is 14.2 Å². The number of amides is 1. The minimum absolute atomic E-state index is 0.103. The number of alkyl halides is 3. The predicted molar refractivity (Wildman–Crippen MR) is 122 cm³/mol. The highest BCUT2D eigenvalue weighted by Gasteiger charge is 2.34. The summed E-state index contributed by atoms with van der Waals surface area (Å²) in [6, 6.07) is 4.87. The number of benzene rings is 1. The van der Waals surface area contributed by atoms with Gasteiger partial charge in [0.2, 0.25) is 5.91 Å². The largest absolute Gasteiger partial charge is 0.418 e. The Labute approximate surface area is 191 Å². The minimum atomic E-state index is -4.58. The molecule has 1 N–H and O–H groups in total. The third-order valence-corrected chi connectivity index (χ3v) is 7.65. The van der Waals surface area contributed by atoms with E-state index in [0.717, 1.165) is 42.7 Å². The summed E-state index contributed by atoms with van der Waals surface area (Å²) >= 11 is 2.61. The molecule has 3 aromatic rings. The molecule has 2 heterocycles. The number of nitrogens with zero attached hydrogens (tertiary/aromatic N) is 2. The van der Waals surface area contributed by atoms with E-state index in [-0.39, 0.29) is 11.2 Å². The van der Waals surface area contributed by atoms with Crippen LogP contribution in [0.2, 0.25) is 0 Å². The molecule has 10 heteroatoms. The predicted octanol–water partition coefficient (Wildman–Crippen LogP) is 5.49. The number of thiophene rings is 1. The van der Waals surface area contributed by atoms with Gasteiger partial charge in [-0.05, 0) is 50.3 Å². The summed E-state index contributed by atoms with van der Waals surface area (Å²) in [5, 5.41) is 2.72. The van der Waals surface area contributed by atoms with Crippen LogP contribution in [0.3, 0.4) is 0 Å². The van der Waals surface area contributed by atoms with Gasteiger partial charge in [0.1, 0.15) is 4.83 Å². The van der Waals surface area contributed by atoms with Gasteiger partial charge in [0.05, 0.1) is 21.9 Å². The molecular weight excluding hydrogens is 459 g/mol. The Morgan fingerprint density at radius 2 is 2.06 bits per heavy atom. The molecule has 5 nitrogen and oxygen atoms in total. The Bertz CT molecular complexity index is 1230. The number of hydrogen-bond acceptors (Lipinski definition) is 5. The molecule has 0 radical (unpaired) electrons. The monoisotopic (exact) mass is 481 g/mol. The fourth-order valence-electron chi connectivity index (χ4n) is 3.85. The van der Waals surface area contributed by atoms with Crippen molar-refractivity contribution in [2.24, 2.45) is 0 Å². The Kier molecular flexibility index (Phi) is 6.35. The standard InChI is InChI=1S/C22H22F3N3O2S2/c1-3-11-28-20(30)17-13-7-6-10-16(13)32-19(17)27-21(28)31-12(2)18(29)26-15-9-5-4-8-14(15)22(23,24)25/h4-5,8-9,12H,3,6-7,10-11H2,1-2H3,(H,26,29). The summed E-state index contributed by atoms with van der Waals surface area (Å²) in [5.74, 6) is -0.585. The maximum Gasteiger partial charge on any atom is 0.418 e. The SMILES string of the molecule is CCCn1c(SC(C)C(=O)Nc2ccccc2C(F)(F)F)nc2sc3c(c2c1=O)CCC3. The smallest absolute Gasteiger partial charge is 0.325 e. The Morgan fingerprint density at radius 1 is 1.31 bits per heavy atom. The van der Waals surface area contributed by atoms with Crippen LogP contribution in [-0.4, -0.2) is 20.7 Å². The van der Waals surface area contributed by atoms with Crippen LogP contribution in [0.25, 0.3) is 10.2 Å². The van der Waals surface area contributed by atoms with E-state index in [2.05, 4.69) is 10.3 Å². The lowest BCUT2D eigenvalue weighted by molar-refractivity contribution is -0.137. The van der Waals surface area contributed by atoms with Crippen molar-refractivity contribution < 1.29 is 18.0 Å². The fraction of sp³-hybridized carbons (Fsp3) is 0.409. The number of carbonyl (C=O) groups excluding carboxylic acids is 1. The number of halogens is 3. The topological polar surface area (TPSA) is 64.0 Å². The normalized spacial score (nSPS) is 14.5. The fourth-order valence-corrected chi connectivity index (χ4v) is 6.09. The zero-order chi connectivity index (χ0) is 23.0. The molecule has 0 saturated heterocycles. The molecule has 0 spiro atoms. The minimum Gasteiger partial charge on any atom is -0.325 e. The zero-order valence-corrected chi connectivity index (χ0v) is 19.2. The van der Waals surface area contributed by atoms with Gasteiger partial charge in [-0.2, -0.15) is 13.2 Å².